The lowest BCUT2D eigenvalue weighted by atomic mass is 9.86. The van der Waals surface area contributed by atoms with Crippen LogP contribution in [0.5, 0.6) is 0 Å². The van der Waals surface area contributed by atoms with Gasteiger partial charge in [0.25, 0.3) is 0 Å². The fraction of sp³-hybridized carbons (Fsp3) is 0.783. The van der Waals surface area contributed by atoms with E-state index in [0.29, 0.717) is 30.7 Å². The fourth-order valence-electron chi connectivity index (χ4n) is 4.72. The number of carboxylic acids is 2. The van der Waals surface area contributed by atoms with Gasteiger partial charge in [-0.25, -0.2) is 0 Å². The van der Waals surface area contributed by atoms with E-state index in [9.17, 15) is 9.59 Å². The topological polar surface area (TPSA) is 170 Å². The first-order valence-electron chi connectivity index (χ1n) is 12.6. The molecule has 2 heterocycles. The lowest BCUT2D eigenvalue weighted by Crippen LogP contribution is -2.45. The molecule has 1 aliphatic heterocycles. The minimum atomic E-state index is -0.687. The van der Waals surface area contributed by atoms with Gasteiger partial charge in [0.15, 0.2) is 0 Å². The van der Waals surface area contributed by atoms with Crippen LogP contribution in [0.25, 0.3) is 0 Å². The molecule has 0 amide bonds. The number of hydrogen-bond donors (Lipinski definition) is 5. The third-order valence-electron chi connectivity index (χ3n) is 7.16. The number of carboxylic acid groups (broad SMARTS) is 2. The molecule has 0 unspecified atom stereocenters. The normalized spacial score (nSPS) is 27.3. The van der Waals surface area contributed by atoms with Crippen molar-refractivity contribution in [1.82, 2.24) is 19.9 Å². The molecule has 0 atom stereocenters. The molecule has 0 radical (unpaired) electrons. The zero-order valence-electron chi connectivity index (χ0n) is 20.8. The van der Waals surface area contributed by atoms with Crippen LogP contribution in [0.4, 0.5) is 17.8 Å². The predicted octanol–water partition coefficient (Wildman–Crippen LogP) is 1.31. The third-order valence-corrected chi connectivity index (χ3v) is 7.16. The van der Waals surface area contributed by atoms with Crippen LogP contribution in [-0.4, -0.2) is 94.4 Å². The van der Waals surface area contributed by atoms with Crippen molar-refractivity contribution in [2.24, 2.45) is 17.6 Å². The number of likely N-dealkylation sites (N-methyl/N-ethyl adjacent to an activating group) is 1. The minimum Gasteiger partial charge on any atom is -0.481 e. The van der Waals surface area contributed by atoms with E-state index in [1.165, 1.54) is 0 Å². The largest absolute Gasteiger partial charge is 0.481 e. The molecule has 12 nitrogen and oxygen atoms in total. The number of aliphatic carboxylic acids is 2. The van der Waals surface area contributed by atoms with Crippen LogP contribution < -0.4 is 21.3 Å². The fourth-order valence-corrected chi connectivity index (χ4v) is 4.72. The molecule has 35 heavy (non-hydrogen) atoms. The van der Waals surface area contributed by atoms with E-state index < -0.39 is 11.9 Å². The summed E-state index contributed by atoms with van der Waals surface area (Å²) in [6.07, 6.45) is 6.30. The van der Waals surface area contributed by atoms with Crippen molar-refractivity contribution in [3.05, 3.63) is 0 Å². The number of carbonyl (C=O) groups is 2. The van der Waals surface area contributed by atoms with Crippen molar-refractivity contribution in [3.8, 4) is 0 Å². The number of rotatable bonds is 6. The number of nitrogens with zero attached hydrogens (tertiary/aromatic N) is 5. The molecule has 3 fully saturated rings. The molecule has 1 saturated heterocycles. The van der Waals surface area contributed by atoms with Gasteiger partial charge in [-0.15, -0.1) is 0 Å². The van der Waals surface area contributed by atoms with Crippen molar-refractivity contribution >= 4 is 29.8 Å². The Morgan fingerprint density at radius 1 is 0.829 bits per heavy atom. The summed E-state index contributed by atoms with van der Waals surface area (Å²) in [6.45, 7) is 3.77. The first kappa shape index (κ1) is 26.9. The first-order valence-corrected chi connectivity index (χ1v) is 12.6. The van der Waals surface area contributed by atoms with Gasteiger partial charge in [0.2, 0.25) is 17.8 Å². The number of piperazine rings is 1. The van der Waals surface area contributed by atoms with Crippen molar-refractivity contribution < 1.29 is 19.8 Å². The number of aromatic nitrogens is 3. The average Bonchev–Trinajstić information content (AvgIpc) is 2.85. The number of nitrogens with one attached hydrogen (secondary N) is 2. The summed E-state index contributed by atoms with van der Waals surface area (Å²) in [5.41, 5.74) is 5.60. The van der Waals surface area contributed by atoms with Gasteiger partial charge in [-0.3, -0.25) is 9.59 Å². The summed E-state index contributed by atoms with van der Waals surface area (Å²) >= 11 is 0. The Labute approximate surface area is 206 Å². The van der Waals surface area contributed by atoms with Gasteiger partial charge < -0.3 is 36.4 Å². The van der Waals surface area contributed by atoms with Crippen LogP contribution in [0.2, 0.25) is 0 Å². The Morgan fingerprint density at radius 2 is 1.34 bits per heavy atom. The monoisotopic (exact) mass is 492 g/mol. The summed E-state index contributed by atoms with van der Waals surface area (Å²) in [5, 5.41) is 24.1. The highest BCUT2D eigenvalue weighted by atomic mass is 16.4. The van der Waals surface area contributed by atoms with Crippen LogP contribution in [0.15, 0.2) is 0 Å². The quantitative estimate of drug-likeness (QED) is 0.386. The van der Waals surface area contributed by atoms with Crippen LogP contribution in [-0.2, 0) is 9.59 Å². The van der Waals surface area contributed by atoms with Gasteiger partial charge in [-0.05, 0) is 58.4 Å². The van der Waals surface area contributed by atoms with Crippen molar-refractivity contribution in [3.63, 3.8) is 0 Å². The second-order valence-electron chi connectivity index (χ2n) is 9.80. The summed E-state index contributed by atoms with van der Waals surface area (Å²) in [5.74, 6) is 0.109. The molecule has 2 saturated carbocycles. The third kappa shape index (κ3) is 8.17. The second-order valence-corrected chi connectivity index (χ2v) is 9.80. The molecule has 0 spiro atoms. The number of nitrogens with two attached hydrogens (primary N) is 1. The summed E-state index contributed by atoms with van der Waals surface area (Å²) in [6, 6.07) is 0.457. The molecule has 2 aliphatic carbocycles. The first-order chi connectivity index (χ1) is 16.7. The molecule has 1 aromatic heterocycles. The smallest absolute Gasteiger partial charge is 0.306 e. The van der Waals surface area contributed by atoms with Crippen molar-refractivity contribution in [2.45, 2.75) is 63.5 Å². The molecule has 4 rings (SSSR count). The lowest BCUT2D eigenvalue weighted by molar-refractivity contribution is -0.143. The predicted molar refractivity (Wildman–Crippen MR) is 134 cm³/mol. The standard InChI is InChI=1S/C16H27N7O2.C7H13NO2/c1-17-14-19-15(18-12-5-3-11(4-6-12)13(24)25)21-16(20-14)23-9-7-22(2)8-10-23;8-6-3-1-5(2-4-6)7(9)10/h11-12H,3-10H2,1-2H3,(H,24,25)(H2,17,18,19,20,21);5-6H,1-4,8H2,(H,9,10)/t11-,12-;5-,6-. The van der Waals surface area contributed by atoms with Crippen LogP contribution in [0.3, 0.4) is 0 Å². The maximum absolute atomic E-state index is 11.1. The molecule has 0 bridgehead atoms. The van der Waals surface area contributed by atoms with Crippen molar-refractivity contribution in [2.75, 3.05) is 55.8 Å². The Kier molecular flexibility index (Phi) is 9.84. The minimum absolute atomic E-state index is 0.125. The SMILES string of the molecule is CNc1nc(N[C@H]2CC[C@H](C(=O)O)CC2)nc(N2CCN(C)CC2)n1.N[C@H]1CC[C@H](C(=O)O)CC1. The molecule has 0 aromatic carbocycles. The zero-order valence-corrected chi connectivity index (χ0v) is 20.8. The lowest BCUT2D eigenvalue weighted by Gasteiger charge is -2.32. The van der Waals surface area contributed by atoms with Gasteiger partial charge in [-0.1, -0.05) is 0 Å². The Hall–Kier alpha value is -2.73. The van der Waals surface area contributed by atoms with Gasteiger partial charge in [0.05, 0.1) is 11.8 Å². The van der Waals surface area contributed by atoms with Crippen LogP contribution in [0.1, 0.15) is 51.4 Å². The molecule has 12 heteroatoms. The van der Waals surface area contributed by atoms with E-state index in [0.717, 1.165) is 64.7 Å². The molecule has 6 N–H and O–H groups in total. The average molecular weight is 493 g/mol. The molecule has 3 aliphatic rings. The number of anilines is 3. The van der Waals surface area contributed by atoms with Crippen LogP contribution in [0, 0.1) is 11.8 Å². The summed E-state index contributed by atoms with van der Waals surface area (Å²) in [7, 11) is 3.91. The molecular weight excluding hydrogens is 452 g/mol. The van der Waals surface area contributed by atoms with Gasteiger partial charge >= 0.3 is 11.9 Å². The van der Waals surface area contributed by atoms with E-state index in [-0.39, 0.29) is 23.9 Å². The summed E-state index contributed by atoms with van der Waals surface area (Å²) < 4.78 is 0. The van der Waals surface area contributed by atoms with E-state index in [1.807, 2.05) is 0 Å². The highest BCUT2D eigenvalue weighted by Crippen LogP contribution is 2.27. The highest BCUT2D eigenvalue weighted by Gasteiger charge is 2.27. The highest BCUT2D eigenvalue weighted by molar-refractivity contribution is 5.70. The van der Waals surface area contributed by atoms with E-state index in [2.05, 4.69) is 42.4 Å². The van der Waals surface area contributed by atoms with Gasteiger partial charge in [0.1, 0.15) is 0 Å². The maximum Gasteiger partial charge on any atom is 0.306 e. The van der Waals surface area contributed by atoms with Crippen LogP contribution >= 0.6 is 0 Å². The zero-order chi connectivity index (χ0) is 25.4. The number of hydrogen-bond acceptors (Lipinski definition) is 10. The Morgan fingerprint density at radius 3 is 1.86 bits per heavy atom. The summed E-state index contributed by atoms with van der Waals surface area (Å²) in [4.78, 5) is 39.5. The molecular formula is C23H40N8O4. The van der Waals surface area contributed by atoms with Crippen molar-refractivity contribution in [1.29, 1.82) is 0 Å². The van der Waals surface area contributed by atoms with E-state index in [1.54, 1.807) is 7.05 Å². The molecule has 196 valence electrons. The van der Waals surface area contributed by atoms with Gasteiger partial charge in [-0.2, -0.15) is 15.0 Å². The maximum atomic E-state index is 11.1. The second kappa shape index (κ2) is 12.8. The molecule has 1 aromatic rings. The van der Waals surface area contributed by atoms with Gasteiger partial charge in [0, 0.05) is 45.3 Å². The Balaban J connectivity index is 0.000000287. The van der Waals surface area contributed by atoms with E-state index >= 15 is 0 Å². The Bertz CT molecular complexity index is 833. The van der Waals surface area contributed by atoms with E-state index in [4.69, 9.17) is 15.9 Å².